The molecule has 22 heavy (non-hydrogen) atoms. The molecule has 9 heteroatoms. The summed E-state index contributed by atoms with van der Waals surface area (Å²) in [4.78, 5) is 32.6. The predicted molar refractivity (Wildman–Crippen MR) is 83.2 cm³/mol. The monoisotopic (exact) mass is 323 g/mol. The van der Waals surface area contributed by atoms with Gasteiger partial charge in [-0.15, -0.1) is 0 Å². The van der Waals surface area contributed by atoms with Crippen molar-refractivity contribution in [3.63, 3.8) is 0 Å². The molecule has 0 aliphatic rings. The van der Waals surface area contributed by atoms with Crippen LogP contribution >= 0.6 is 12.2 Å². The summed E-state index contributed by atoms with van der Waals surface area (Å²) < 4.78 is 4.61. The van der Waals surface area contributed by atoms with Crippen LogP contribution in [0.3, 0.4) is 0 Å². The summed E-state index contributed by atoms with van der Waals surface area (Å²) in [6.07, 6.45) is 1.94. The van der Waals surface area contributed by atoms with Crippen molar-refractivity contribution in [2.45, 2.75) is 6.92 Å². The average Bonchev–Trinajstić information content (AvgIpc) is 2.45. The van der Waals surface area contributed by atoms with Gasteiger partial charge in [0, 0.05) is 30.0 Å². The van der Waals surface area contributed by atoms with E-state index in [0.717, 1.165) is 12.2 Å². The molecule has 0 aliphatic carbocycles. The first kappa shape index (κ1) is 17.2. The Balaban J connectivity index is 2.56. The quantitative estimate of drug-likeness (QED) is 0.278. The largest absolute Gasteiger partial charge is 0.463 e. The fraction of sp³-hybridized carbons (Fsp3) is 0.154. The Morgan fingerprint density at radius 1 is 1.41 bits per heavy atom. The van der Waals surface area contributed by atoms with Crippen LogP contribution < -0.4 is 10.6 Å². The van der Waals surface area contributed by atoms with E-state index in [1.807, 2.05) is 0 Å². The fourth-order valence-corrected chi connectivity index (χ4v) is 1.57. The van der Waals surface area contributed by atoms with Crippen molar-refractivity contribution in [1.29, 1.82) is 0 Å². The summed E-state index contributed by atoms with van der Waals surface area (Å²) in [5.74, 6) is -1.27. The Hall–Kier alpha value is -2.81. The van der Waals surface area contributed by atoms with Crippen molar-refractivity contribution in [2.75, 3.05) is 11.9 Å². The third-order valence-electron chi connectivity index (χ3n) is 2.21. The lowest BCUT2D eigenvalue weighted by molar-refractivity contribution is -0.384. The summed E-state index contributed by atoms with van der Waals surface area (Å²) in [7, 11) is 0. The average molecular weight is 323 g/mol. The normalized spacial score (nSPS) is 10.0. The maximum Gasteiger partial charge on any atom is 0.330 e. The van der Waals surface area contributed by atoms with Gasteiger partial charge >= 0.3 is 5.97 Å². The highest BCUT2D eigenvalue weighted by atomic mass is 32.1. The van der Waals surface area contributed by atoms with Gasteiger partial charge in [-0.3, -0.25) is 20.2 Å². The molecule has 8 nitrogen and oxygen atoms in total. The van der Waals surface area contributed by atoms with Gasteiger partial charge in [0.15, 0.2) is 5.11 Å². The van der Waals surface area contributed by atoms with E-state index in [9.17, 15) is 19.7 Å². The van der Waals surface area contributed by atoms with Gasteiger partial charge in [0.05, 0.1) is 11.5 Å². The minimum absolute atomic E-state index is 0.0565. The van der Waals surface area contributed by atoms with Gasteiger partial charge in [0.2, 0.25) is 5.91 Å². The molecule has 0 aliphatic heterocycles. The molecule has 0 aromatic heterocycles. The first-order chi connectivity index (χ1) is 10.4. The first-order valence-corrected chi connectivity index (χ1v) is 6.54. The van der Waals surface area contributed by atoms with Gasteiger partial charge in [-0.2, -0.15) is 0 Å². The zero-order valence-corrected chi connectivity index (χ0v) is 12.4. The van der Waals surface area contributed by atoms with Crippen molar-refractivity contribution in [1.82, 2.24) is 5.32 Å². The Bertz CT molecular complexity index is 630. The third kappa shape index (κ3) is 6.09. The van der Waals surface area contributed by atoms with Crippen molar-refractivity contribution >= 4 is 40.6 Å². The van der Waals surface area contributed by atoms with Gasteiger partial charge in [-0.05, 0) is 25.2 Å². The van der Waals surface area contributed by atoms with E-state index in [0.29, 0.717) is 5.69 Å². The number of anilines is 1. The number of carbonyl (C=O) groups excluding carboxylic acids is 2. The van der Waals surface area contributed by atoms with E-state index in [1.54, 1.807) is 13.0 Å². The van der Waals surface area contributed by atoms with Gasteiger partial charge in [-0.1, -0.05) is 6.07 Å². The maximum absolute atomic E-state index is 11.5. The van der Waals surface area contributed by atoms with Crippen LogP contribution in [0.4, 0.5) is 11.4 Å². The lowest BCUT2D eigenvalue weighted by Crippen LogP contribution is -2.33. The molecule has 0 saturated carbocycles. The molecule has 0 fully saturated rings. The minimum Gasteiger partial charge on any atom is -0.463 e. The van der Waals surface area contributed by atoms with Crippen molar-refractivity contribution in [3.8, 4) is 0 Å². The molecule has 0 saturated heterocycles. The molecule has 116 valence electrons. The molecule has 1 rings (SSSR count). The maximum atomic E-state index is 11.5. The lowest BCUT2D eigenvalue weighted by atomic mass is 10.3. The SMILES string of the molecule is CCOC(=O)C=CC(=O)NC(=S)Nc1cccc([N+](=O)[O-])c1. The summed E-state index contributed by atoms with van der Waals surface area (Å²) in [5, 5.41) is 15.5. The van der Waals surface area contributed by atoms with Crippen molar-refractivity contribution in [3.05, 3.63) is 46.5 Å². The summed E-state index contributed by atoms with van der Waals surface area (Å²) in [6.45, 7) is 1.85. The molecule has 0 spiro atoms. The third-order valence-corrected chi connectivity index (χ3v) is 2.41. The number of nitro benzene ring substituents is 1. The van der Waals surface area contributed by atoms with Crippen LogP contribution in [0.15, 0.2) is 36.4 Å². The molecular weight excluding hydrogens is 310 g/mol. The van der Waals surface area contributed by atoms with Crippen molar-refractivity contribution < 1.29 is 19.2 Å². The van der Waals surface area contributed by atoms with E-state index in [1.165, 1.54) is 18.2 Å². The molecule has 0 bridgehead atoms. The van der Waals surface area contributed by atoms with E-state index < -0.39 is 16.8 Å². The van der Waals surface area contributed by atoms with Crippen LogP contribution in [-0.2, 0) is 14.3 Å². The van der Waals surface area contributed by atoms with E-state index in [2.05, 4.69) is 15.4 Å². The number of esters is 1. The van der Waals surface area contributed by atoms with Gasteiger partial charge in [-0.25, -0.2) is 4.79 Å². The topological polar surface area (TPSA) is 111 Å². The molecular formula is C13H13N3O5S. The predicted octanol–water partition coefficient (Wildman–Crippen LogP) is 1.53. The van der Waals surface area contributed by atoms with Gasteiger partial charge < -0.3 is 10.1 Å². The number of carbonyl (C=O) groups is 2. The number of amides is 1. The second-order valence-corrected chi connectivity index (χ2v) is 4.24. The molecule has 0 heterocycles. The standard InChI is InChI=1S/C13H13N3O5S/c1-2-21-12(18)7-6-11(17)15-13(22)14-9-4-3-5-10(8-9)16(19)20/h3-8H,2H2,1H3,(H2,14,15,17,22). The molecule has 0 atom stereocenters. The number of hydrogen-bond donors (Lipinski definition) is 2. The number of nitrogens with zero attached hydrogens (tertiary/aromatic N) is 1. The van der Waals surface area contributed by atoms with Crippen LogP contribution in [0.5, 0.6) is 0 Å². The van der Waals surface area contributed by atoms with Crippen LogP contribution in [0, 0.1) is 10.1 Å². The highest BCUT2D eigenvalue weighted by Gasteiger charge is 2.07. The number of thiocarbonyl (C=S) groups is 1. The lowest BCUT2D eigenvalue weighted by Gasteiger charge is -2.07. The number of hydrogen-bond acceptors (Lipinski definition) is 6. The van der Waals surface area contributed by atoms with Crippen LogP contribution in [0.1, 0.15) is 6.92 Å². The highest BCUT2D eigenvalue weighted by Crippen LogP contribution is 2.16. The molecule has 1 amide bonds. The van der Waals surface area contributed by atoms with E-state index in [-0.39, 0.29) is 17.4 Å². The summed E-state index contributed by atoms with van der Waals surface area (Å²) >= 11 is 4.89. The Kier molecular flexibility index (Phi) is 6.64. The van der Waals surface area contributed by atoms with Gasteiger partial charge in [0.1, 0.15) is 0 Å². The first-order valence-electron chi connectivity index (χ1n) is 6.13. The van der Waals surface area contributed by atoms with Crippen LogP contribution in [-0.4, -0.2) is 28.5 Å². The number of benzene rings is 1. The number of nitro groups is 1. The fourth-order valence-electron chi connectivity index (χ4n) is 1.35. The molecule has 0 unspecified atom stereocenters. The number of ether oxygens (including phenoxy) is 1. The minimum atomic E-state index is -0.643. The zero-order valence-electron chi connectivity index (χ0n) is 11.6. The van der Waals surface area contributed by atoms with Crippen molar-refractivity contribution in [2.24, 2.45) is 0 Å². The second-order valence-electron chi connectivity index (χ2n) is 3.84. The second kappa shape index (κ2) is 8.47. The number of non-ortho nitro benzene ring substituents is 1. The number of rotatable bonds is 5. The zero-order chi connectivity index (χ0) is 16.5. The Morgan fingerprint density at radius 2 is 2.14 bits per heavy atom. The smallest absolute Gasteiger partial charge is 0.330 e. The molecule has 0 radical (unpaired) electrons. The van der Waals surface area contributed by atoms with E-state index >= 15 is 0 Å². The van der Waals surface area contributed by atoms with Gasteiger partial charge in [0.25, 0.3) is 5.69 Å². The molecule has 1 aromatic carbocycles. The number of nitrogens with one attached hydrogen (secondary N) is 2. The van der Waals surface area contributed by atoms with Crippen LogP contribution in [0.2, 0.25) is 0 Å². The Morgan fingerprint density at radius 3 is 2.77 bits per heavy atom. The Labute approximate surface area is 131 Å². The summed E-state index contributed by atoms with van der Waals surface area (Å²) in [6, 6.07) is 5.63. The highest BCUT2D eigenvalue weighted by molar-refractivity contribution is 7.80. The summed E-state index contributed by atoms with van der Waals surface area (Å²) in [5.41, 5.74) is 0.246. The van der Waals surface area contributed by atoms with E-state index in [4.69, 9.17) is 12.2 Å². The van der Waals surface area contributed by atoms with Crippen LogP contribution in [0.25, 0.3) is 0 Å². The molecule has 1 aromatic rings. The molecule has 2 N–H and O–H groups in total.